The van der Waals surface area contributed by atoms with E-state index in [0.717, 1.165) is 12.1 Å². The van der Waals surface area contributed by atoms with Gasteiger partial charge in [-0.2, -0.15) is 13.2 Å². The van der Waals surface area contributed by atoms with Gasteiger partial charge in [-0.15, -0.1) is 0 Å². The van der Waals surface area contributed by atoms with E-state index >= 15 is 0 Å². The minimum Gasteiger partial charge on any atom is -0.292 e. The van der Waals surface area contributed by atoms with Crippen molar-refractivity contribution in [3.8, 4) is 0 Å². The van der Waals surface area contributed by atoms with Crippen molar-refractivity contribution in [3.63, 3.8) is 0 Å². The predicted molar refractivity (Wildman–Crippen MR) is 54.2 cm³/mol. The predicted octanol–water partition coefficient (Wildman–Crippen LogP) is 3.11. The molecule has 18 heavy (non-hydrogen) atoms. The Morgan fingerprint density at radius 2 is 2.00 bits per heavy atom. The molecule has 1 aliphatic heterocycles. The lowest BCUT2D eigenvalue weighted by Crippen LogP contribution is -2.22. The van der Waals surface area contributed by atoms with Crippen molar-refractivity contribution in [3.05, 3.63) is 29.6 Å². The van der Waals surface area contributed by atoms with Gasteiger partial charge in [0, 0.05) is 12.6 Å². The zero-order valence-electron chi connectivity index (χ0n) is 9.51. The SMILES string of the molecule is CN1CC(F)(F)CC1c1ccc(C(F)(F)F)cn1. The first-order chi connectivity index (χ1) is 8.19. The first-order valence-corrected chi connectivity index (χ1v) is 5.30. The molecule has 0 aromatic carbocycles. The van der Waals surface area contributed by atoms with Crippen molar-refractivity contribution in [1.82, 2.24) is 9.88 Å². The van der Waals surface area contributed by atoms with E-state index in [4.69, 9.17) is 0 Å². The van der Waals surface area contributed by atoms with Crippen LogP contribution in [-0.4, -0.2) is 29.4 Å². The zero-order chi connectivity index (χ0) is 13.6. The molecule has 1 fully saturated rings. The van der Waals surface area contributed by atoms with Crippen molar-refractivity contribution in [2.75, 3.05) is 13.6 Å². The fourth-order valence-electron chi connectivity index (χ4n) is 2.08. The van der Waals surface area contributed by atoms with Crippen LogP contribution in [0.1, 0.15) is 23.7 Å². The maximum Gasteiger partial charge on any atom is 0.417 e. The van der Waals surface area contributed by atoms with Gasteiger partial charge < -0.3 is 0 Å². The molecule has 1 aromatic heterocycles. The molecular formula is C11H11F5N2. The number of hydrogen-bond acceptors (Lipinski definition) is 2. The van der Waals surface area contributed by atoms with E-state index in [9.17, 15) is 22.0 Å². The van der Waals surface area contributed by atoms with Crippen LogP contribution in [0, 0.1) is 0 Å². The largest absolute Gasteiger partial charge is 0.417 e. The van der Waals surface area contributed by atoms with Crippen molar-refractivity contribution in [2.24, 2.45) is 0 Å². The maximum atomic E-state index is 13.1. The quantitative estimate of drug-likeness (QED) is 0.726. The Labute approximate surface area is 100 Å². The minimum atomic E-state index is -4.46. The normalized spacial score (nSPS) is 24.4. The number of rotatable bonds is 1. The Balaban J connectivity index is 2.21. The van der Waals surface area contributed by atoms with Crippen molar-refractivity contribution in [1.29, 1.82) is 0 Å². The van der Waals surface area contributed by atoms with Crippen molar-refractivity contribution < 1.29 is 22.0 Å². The van der Waals surface area contributed by atoms with E-state index in [1.807, 2.05) is 0 Å². The molecule has 1 aromatic rings. The van der Waals surface area contributed by atoms with Crippen LogP contribution < -0.4 is 0 Å². The molecule has 0 spiro atoms. The fourth-order valence-corrected chi connectivity index (χ4v) is 2.08. The summed E-state index contributed by atoms with van der Waals surface area (Å²) in [6.45, 7) is -0.402. The highest BCUT2D eigenvalue weighted by molar-refractivity contribution is 5.20. The first kappa shape index (κ1) is 13.2. The Bertz CT molecular complexity index is 426. The third-order valence-electron chi connectivity index (χ3n) is 2.96. The van der Waals surface area contributed by atoms with Crippen LogP contribution in [-0.2, 0) is 6.18 Å². The molecule has 0 bridgehead atoms. The average molecular weight is 266 g/mol. The second-order valence-corrected chi connectivity index (χ2v) is 4.46. The lowest BCUT2D eigenvalue weighted by Gasteiger charge is -2.18. The highest BCUT2D eigenvalue weighted by Crippen LogP contribution is 2.39. The maximum absolute atomic E-state index is 13.1. The molecule has 2 nitrogen and oxygen atoms in total. The highest BCUT2D eigenvalue weighted by Gasteiger charge is 2.44. The van der Waals surface area contributed by atoms with Crippen molar-refractivity contribution in [2.45, 2.75) is 24.6 Å². The third-order valence-corrected chi connectivity index (χ3v) is 2.96. The molecule has 2 rings (SSSR count). The second kappa shape index (κ2) is 4.15. The summed E-state index contributed by atoms with van der Waals surface area (Å²) in [6, 6.07) is 1.39. The average Bonchev–Trinajstić information content (AvgIpc) is 2.51. The van der Waals surface area contributed by atoms with Gasteiger partial charge in [0.15, 0.2) is 0 Å². The molecule has 1 unspecified atom stereocenters. The van der Waals surface area contributed by atoms with E-state index in [1.165, 1.54) is 11.9 Å². The van der Waals surface area contributed by atoms with Gasteiger partial charge in [0.05, 0.1) is 23.8 Å². The van der Waals surface area contributed by atoms with Crippen LogP contribution in [0.15, 0.2) is 18.3 Å². The smallest absolute Gasteiger partial charge is 0.292 e. The summed E-state index contributed by atoms with van der Waals surface area (Å²) in [5.41, 5.74) is -0.638. The number of alkyl halides is 5. The monoisotopic (exact) mass is 266 g/mol. The van der Waals surface area contributed by atoms with Crippen LogP contribution in [0.2, 0.25) is 0 Å². The van der Waals surface area contributed by atoms with Crippen LogP contribution >= 0.6 is 0 Å². The van der Waals surface area contributed by atoms with Crippen LogP contribution in [0.5, 0.6) is 0 Å². The van der Waals surface area contributed by atoms with Gasteiger partial charge in [0.1, 0.15) is 0 Å². The molecule has 0 N–H and O–H groups in total. The number of halogens is 5. The summed E-state index contributed by atoms with van der Waals surface area (Å²) >= 11 is 0. The molecule has 0 amide bonds. The van der Waals surface area contributed by atoms with Gasteiger partial charge in [-0.25, -0.2) is 8.78 Å². The van der Waals surface area contributed by atoms with E-state index in [2.05, 4.69) is 4.98 Å². The second-order valence-electron chi connectivity index (χ2n) is 4.46. The molecule has 7 heteroatoms. The Morgan fingerprint density at radius 1 is 1.33 bits per heavy atom. The number of aromatic nitrogens is 1. The van der Waals surface area contributed by atoms with E-state index in [0.29, 0.717) is 6.20 Å². The summed E-state index contributed by atoms with van der Waals surface area (Å²) in [7, 11) is 1.50. The number of likely N-dealkylation sites (tertiary alicyclic amines) is 1. The van der Waals surface area contributed by atoms with Gasteiger partial charge in [-0.05, 0) is 19.2 Å². The molecule has 1 saturated heterocycles. The number of hydrogen-bond donors (Lipinski definition) is 0. The fraction of sp³-hybridized carbons (Fsp3) is 0.545. The molecule has 1 atom stereocenters. The molecular weight excluding hydrogens is 255 g/mol. The molecule has 0 aliphatic carbocycles. The molecule has 1 aliphatic rings. The third kappa shape index (κ3) is 2.60. The van der Waals surface area contributed by atoms with Crippen molar-refractivity contribution >= 4 is 0 Å². The zero-order valence-corrected chi connectivity index (χ0v) is 9.51. The summed E-state index contributed by atoms with van der Waals surface area (Å²) in [5, 5.41) is 0. The first-order valence-electron chi connectivity index (χ1n) is 5.30. The van der Waals surface area contributed by atoms with Crippen LogP contribution in [0.25, 0.3) is 0 Å². The van der Waals surface area contributed by atoms with Gasteiger partial charge in [0.25, 0.3) is 5.92 Å². The lowest BCUT2D eigenvalue weighted by molar-refractivity contribution is -0.137. The van der Waals surface area contributed by atoms with Gasteiger partial charge in [-0.1, -0.05) is 0 Å². The standard InChI is InChI=1S/C11H11F5N2/c1-18-6-10(12,13)4-9(18)8-3-2-7(5-17-8)11(14,15)16/h2-3,5,9H,4,6H2,1H3. The Morgan fingerprint density at radius 3 is 2.39 bits per heavy atom. The molecule has 0 saturated carbocycles. The lowest BCUT2D eigenvalue weighted by atomic mass is 10.1. The van der Waals surface area contributed by atoms with Crippen LogP contribution in [0.3, 0.4) is 0 Å². The number of pyridine rings is 1. The van der Waals surface area contributed by atoms with E-state index < -0.39 is 36.7 Å². The highest BCUT2D eigenvalue weighted by atomic mass is 19.4. The van der Waals surface area contributed by atoms with Crippen LogP contribution in [0.4, 0.5) is 22.0 Å². The number of nitrogens with zero attached hydrogens (tertiary/aromatic N) is 2. The topological polar surface area (TPSA) is 16.1 Å². The summed E-state index contributed by atoms with van der Waals surface area (Å²) < 4.78 is 63.3. The van der Waals surface area contributed by atoms with E-state index in [-0.39, 0.29) is 5.69 Å². The van der Waals surface area contributed by atoms with Gasteiger partial charge in [-0.3, -0.25) is 9.88 Å². The Kier molecular flexibility index (Phi) is 3.04. The molecule has 0 radical (unpaired) electrons. The molecule has 100 valence electrons. The Hall–Kier alpha value is -1.24. The van der Waals surface area contributed by atoms with Gasteiger partial charge in [0.2, 0.25) is 0 Å². The molecule has 2 heterocycles. The summed E-state index contributed by atoms with van der Waals surface area (Å²) in [4.78, 5) is 5.05. The van der Waals surface area contributed by atoms with E-state index in [1.54, 1.807) is 0 Å². The minimum absolute atomic E-state index is 0.239. The summed E-state index contributed by atoms with van der Waals surface area (Å²) in [6.07, 6.45) is -4.20. The van der Waals surface area contributed by atoms with Gasteiger partial charge >= 0.3 is 6.18 Å². The summed E-state index contributed by atoms with van der Waals surface area (Å²) in [5.74, 6) is -2.82.